The first-order chi connectivity index (χ1) is 14.3. The van der Waals surface area contributed by atoms with Gasteiger partial charge < -0.3 is 11.1 Å². The van der Waals surface area contributed by atoms with Crippen molar-refractivity contribution in [3.05, 3.63) is 82.9 Å². The number of anilines is 3. The maximum atomic E-state index is 13.2. The van der Waals surface area contributed by atoms with Crippen LogP contribution in [0.1, 0.15) is 45.7 Å². The highest BCUT2D eigenvalue weighted by Crippen LogP contribution is 2.39. The van der Waals surface area contributed by atoms with E-state index in [0.29, 0.717) is 5.69 Å². The molecule has 0 heterocycles. The number of sulfone groups is 1. The molecule has 1 aliphatic rings. The smallest absolute Gasteiger partial charge is 0.196 e. The van der Waals surface area contributed by atoms with Crippen molar-refractivity contribution in [2.75, 3.05) is 17.3 Å². The van der Waals surface area contributed by atoms with E-state index in [1.54, 1.807) is 42.5 Å². The van der Waals surface area contributed by atoms with Crippen LogP contribution in [0.3, 0.4) is 0 Å². The van der Waals surface area contributed by atoms with E-state index in [-0.39, 0.29) is 44.3 Å². The Balaban J connectivity index is 0.00000124. The van der Waals surface area contributed by atoms with Crippen LogP contribution >= 0.6 is 0 Å². The van der Waals surface area contributed by atoms with Crippen LogP contribution in [0.5, 0.6) is 0 Å². The fourth-order valence-electron chi connectivity index (χ4n) is 3.38. The highest BCUT2D eigenvalue weighted by atomic mass is 32.2. The number of para-hydroxylation sites is 1. The van der Waals surface area contributed by atoms with Crippen molar-refractivity contribution in [2.24, 2.45) is 0 Å². The zero-order valence-corrected chi connectivity index (χ0v) is 17.7. The van der Waals surface area contributed by atoms with Crippen molar-refractivity contribution >= 4 is 38.5 Å². The van der Waals surface area contributed by atoms with Gasteiger partial charge in [-0.05, 0) is 18.2 Å². The average Bonchev–Trinajstić information content (AvgIpc) is 2.74. The molecule has 3 N–H and O–H groups in total. The van der Waals surface area contributed by atoms with Crippen LogP contribution in [0.2, 0.25) is 0 Å². The Morgan fingerprint density at radius 1 is 0.800 bits per heavy atom. The lowest BCUT2D eigenvalue weighted by atomic mass is 9.82. The number of nitrogens with two attached hydrogens (primary N) is 1. The Bertz CT molecular complexity index is 1250. The Morgan fingerprint density at radius 2 is 1.30 bits per heavy atom. The first-order valence-corrected chi connectivity index (χ1v) is 11.3. The van der Waals surface area contributed by atoms with Gasteiger partial charge in [0.05, 0.1) is 27.4 Å². The minimum atomic E-state index is -3.73. The molecule has 0 amide bonds. The lowest BCUT2D eigenvalue weighted by Gasteiger charge is -2.23. The summed E-state index contributed by atoms with van der Waals surface area (Å²) < 4.78 is 24.5. The number of fused-ring (bicyclic) bond motifs is 2. The van der Waals surface area contributed by atoms with Crippen LogP contribution in [0.4, 0.5) is 17.1 Å². The zero-order valence-electron chi connectivity index (χ0n) is 16.9. The zero-order chi connectivity index (χ0) is 22.1. The SMILES string of the molecule is CC.CS(=O)(=O)c1cc(Nc2ccccc2)c2c(c1N)C(=O)c1ccccc1C2=O. The fraction of sp³-hybridized carbons (Fsp3) is 0.130. The van der Waals surface area contributed by atoms with Gasteiger partial charge in [-0.2, -0.15) is 0 Å². The molecule has 0 spiro atoms. The number of carbonyl (C=O) groups is 2. The summed E-state index contributed by atoms with van der Waals surface area (Å²) in [5.41, 5.74) is 7.23. The Kier molecular flexibility index (Phi) is 5.75. The number of carbonyl (C=O) groups excluding carboxylic acids is 2. The Morgan fingerprint density at radius 3 is 1.83 bits per heavy atom. The topological polar surface area (TPSA) is 106 Å². The van der Waals surface area contributed by atoms with Gasteiger partial charge in [-0.15, -0.1) is 0 Å². The quantitative estimate of drug-likeness (QED) is 0.479. The number of hydrogen-bond acceptors (Lipinski definition) is 6. The van der Waals surface area contributed by atoms with Gasteiger partial charge in [0, 0.05) is 23.1 Å². The van der Waals surface area contributed by atoms with Crippen LogP contribution in [-0.2, 0) is 9.84 Å². The molecule has 30 heavy (non-hydrogen) atoms. The minimum absolute atomic E-state index is 0.0787. The second kappa shape index (κ2) is 8.12. The van der Waals surface area contributed by atoms with Gasteiger partial charge in [-0.25, -0.2) is 8.42 Å². The van der Waals surface area contributed by atoms with E-state index < -0.39 is 15.6 Å². The molecule has 0 saturated heterocycles. The summed E-state index contributed by atoms with van der Waals surface area (Å²) in [5.74, 6) is -0.848. The third kappa shape index (κ3) is 3.59. The molecule has 7 heteroatoms. The maximum Gasteiger partial charge on any atom is 0.196 e. The second-order valence-electron chi connectivity index (χ2n) is 6.55. The first-order valence-electron chi connectivity index (χ1n) is 9.46. The highest BCUT2D eigenvalue weighted by Gasteiger charge is 2.36. The molecule has 0 unspecified atom stereocenters. The molecular weight excluding hydrogens is 400 g/mol. The fourth-order valence-corrected chi connectivity index (χ4v) is 4.21. The predicted octanol–water partition coefficient (Wildman–Crippen LogP) is 4.22. The van der Waals surface area contributed by atoms with E-state index in [2.05, 4.69) is 5.32 Å². The van der Waals surface area contributed by atoms with Crippen LogP contribution < -0.4 is 11.1 Å². The molecule has 0 saturated carbocycles. The van der Waals surface area contributed by atoms with E-state index in [0.717, 1.165) is 6.26 Å². The number of ketones is 2. The minimum Gasteiger partial charge on any atom is -0.397 e. The highest BCUT2D eigenvalue weighted by molar-refractivity contribution is 7.90. The summed E-state index contributed by atoms with van der Waals surface area (Å²) in [6.45, 7) is 4.00. The molecule has 154 valence electrons. The van der Waals surface area contributed by atoms with Gasteiger partial charge in [-0.3, -0.25) is 9.59 Å². The summed E-state index contributed by atoms with van der Waals surface area (Å²) in [4.78, 5) is 26.1. The molecular formula is C23H22N2O4S. The molecule has 3 aromatic carbocycles. The largest absolute Gasteiger partial charge is 0.397 e. The summed E-state index contributed by atoms with van der Waals surface area (Å²) in [5, 5.41) is 3.06. The van der Waals surface area contributed by atoms with Crippen molar-refractivity contribution in [1.29, 1.82) is 0 Å². The number of hydrogen-bond donors (Lipinski definition) is 2. The van der Waals surface area contributed by atoms with Crippen molar-refractivity contribution in [1.82, 2.24) is 0 Å². The number of nitrogens with one attached hydrogen (secondary N) is 1. The summed E-state index contributed by atoms with van der Waals surface area (Å²) >= 11 is 0. The van der Waals surface area contributed by atoms with Crippen molar-refractivity contribution in [3.63, 3.8) is 0 Å². The molecule has 0 radical (unpaired) electrons. The molecule has 0 aromatic heterocycles. The van der Waals surface area contributed by atoms with Gasteiger partial charge in [0.1, 0.15) is 0 Å². The third-order valence-electron chi connectivity index (χ3n) is 4.65. The van der Waals surface area contributed by atoms with Crippen molar-refractivity contribution < 1.29 is 18.0 Å². The molecule has 0 bridgehead atoms. The molecule has 0 aliphatic heterocycles. The summed E-state index contributed by atoms with van der Waals surface area (Å²) in [7, 11) is -3.73. The number of rotatable bonds is 3. The standard InChI is InChI=1S/C21H16N2O4S.C2H6/c1-28(26,27)16-11-15(23-12-7-3-2-4-8-12)17-18(19(16)22)21(25)14-10-6-5-9-13(14)20(17)24;1-2/h2-11,23H,22H2,1H3;1-2H3. The van der Waals surface area contributed by atoms with Crippen LogP contribution in [0.15, 0.2) is 65.6 Å². The molecule has 1 aliphatic carbocycles. The number of nitrogen functional groups attached to an aromatic ring is 1. The van der Waals surface area contributed by atoms with Gasteiger partial charge >= 0.3 is 0 Å². The second-order valence-corrected chi connectivity index (χ2v) is 8.54. The molecule has 3 aromatic rings. The van der Waals surface area contributed by atoms with E-state index in [4.69, 9.17) is 5.73 Å². The molecule has 0 fully saturated rings. The van der Waals surface area contributed by atoms with Crippen molar-refractivity contribution in [3.8, 4) is 0 Å². The third-order valence-corrected chi connectivity index (χ3v) is 5.79. The van der Waals surface area contributed by atoms with E-state index >= 15 is 0 Å². The average molecular weight is 423 g/mol. The van der Waals surface area contributed by atoms with Crippen LogP contribution in [0, 0.1) is 0 Å². The van der Waals surface area contributed by atoms with E-state index in [1.807, 2.05) is 19.9 Å². The lowest BCUT2D eigenvalue weighted by molar-refractivity contribution is 0.0980. The first kappa shape index (κ1) is 21.3. The van der Waals surface area contributed by atoms with Gasteiger partial charge in [0.2, 0.25) is 0 Å². The monoisotopic (exact) mass is 422 g/mol. The van der Waals surface area contributed by atoms with E-state index in [9.17, 15) is 18.0 Å². The van der Waals surface area contributed by atoms with Gasteiger partial charge in [0.15, 0.2) is 21.4 Å². The number of benzene rings is 3. The maximum absolute atomic E-state index is 13.2. The Hall–Kier alpha value is -3.45. The van der Waals surface area contributed by atoms with Crippen LogP contribution in [0.25, 0.3) is 0 Å². The van der Waals surface area contributed by atoms with Crippen LogP contribution in [-0.4, -0.2) is 26.2 Å². The lowest BCUT2D eigenvalue weighted by Crippen LogP contribution is -2.25. The molecule has 4 rings (SSSR count). The predicted molar refractivity (Wildman–Crippen MR) is 118 cm³/mol. The van der Waals surface area contributed by atoms with Crippen molar-refractivity contribution in [2.45, 2.75) is 18.7 Å². The van der Waals surface area contributed by atoms with E-state index in [1.165, 1.54) is 12.1 Å². The Labute approximate surface area is 175 Å². The van der Waals surface area contributed by atoms with Gasteiger partial charge in [0.25, 0.3) is 0 Å². The normalized spacial score (nSPS) is 12.4. The molecule has 6 nitrogen and oxygen atoms in total. The van der Waals surface area contributed by atoms with Gasteiger partial charge in [-0.1, -0.05) is 56.3 Å². The summed E-state index contributed by atoms with van der Waals surface area (Å²) in [6.07, 6.45) is 1.01. The summed E-state index contributed by atoms with van der Waals surface area (Å²) in [6, 6.07) is 16.7. The molecule has 0 atom stereocenters.